The Morgan fingerprint density at radius 1 is 0.895 bits per heavy atom. The van der Waals surface area contributed by atoms with Gasteiger partial charge in [0, 0.05) is 18.7 Å². The van der Waals surface area contributed by atoms with Crippen LogP contribution in [0.25, 0.3) is 0 Å². The largest absolute Gasteiger partial charge is 0.481 e. The number of rotatable bonds is 17. The molecule has 3 unspecified atom stereocenters. The van der Waals surface area contributed by atoms with Crippen molar-refractivity contribution in [3.05, 3.63) is 29.8 Å². The maximum Gasteiger partial charge on any atom is 0.312 e. The number of hydrogen-bond donors (Lipinski definition) is 7. The lowest BCUT2D eigenvalue weighted by atomic mass is 10.0. The lowest BCUT2D eigenvalue weighted by Crippen LogP contribution is -2.57. The molecule has 0 aliphatic heterocycles. The first-order valence-electron chi connectivity index (χ1n) is 13.0. The molecular weight excluding hydrogens is 492 g/mol. The number of hydrogen-bond acceptors (Lipinski definition) is 6. The zero-order chi connectivity index (χ0) is 28.7. The first-order chi connectivity index (χ1) is 18.0. The molecule has 1 aromatic carbocycles. The summed E-state index contributed by atoms with van der Waals surface area (Å²) in [7, 11) is 0. The van der Waals surface area contributed by atoms with Gasteiger partial charge in [-0.05, 0) is 55.8 Å². The van der Waals surface area contributed by atoms with Crippen molar-refractivity contribution in [2.24, 2.45) is 11.7 Å². The van der Waals surface area contributed by atoms with E-state index >= 15 is 0 Å². The highest BCUT2D eigenvalue weighted by atomic mass is 16.4. The molecule has 0 aliphatic rings. The van der Waals surface area contributed by atoms with Gasteiger partial charge in [-0.1, -0.05) is 39.8 Å². The van der Waals surface area contributed by atoms with Crippen molar-refractivity contribution in [1.29, 1.82) is 0 Å². The van der Waals surface area contributed by atoms with E-state index < -0.39 is 47.8 Å². The summed E-state index contributed by atoms with van der Waals surface area (Å²) in [5.41, 5.74) is 6.78. The second kappa shape index (κ2) is 17.0. The highest BCUT2D eigenvalue weighted by molar-refractivity contribution is 5.98. The number of benzene rings is 1. The van der Waals surface area contributed by atoms with Gasteiger partial charge in [0.25, 0.3) is 0 Å². The normalized spacial score (nSPS) is 13.2. The number of likely N-dealkylation sites (N-methyl/N-ethyl adjacent to an activating group) is 1. The maximum atomic E-state index is 13.2. The van der Waals surface area contributed by atoms with Crippen LogP contribution in [-0.4, -0.2) is 66.0 Å². The summed E-state index contributed by atoms with van der Waals surface area (Å²) in [4.78, 5) is 61.2. The number of anilines is 1. The Labute approximate surface area is 223 Å². The summed E-state index contributed by atoms with van der Waals surface area (Å²) in [6.07, 6.45) is 1.29. The van der Waals surface area contributed by atoms with Crippen molar-refractivity contribution in [1.82, 2.24) is 21.3 Å². The molecule has 0 fully saturated rings. The fourth-order valence-electron chi connectivity index (χ4n) is 3.73. The third kappa shape index (κ3) is 12.0. The van der Waals surface area contributed by atoms with Crippen LogP contribution in [0, 0.1) is 5.92 Å². The van der Waals surface area contributed by atoms with Gasteiger partial charge in [-0.3, -0.25) is 19.2 Å². The lowest BCUT2D eigenvalue weighted by molar-refractivity contribution is -0.137. The number of amides is 5. The molecule has 5 amide bonds. The van der Waals surface area contributed by atoms with Crippen LogP contribution in [0.1, 0.15) is 58.9 Å². The van der Waals surface area contributed by atoms with Gasteiger partial charge in [0.05, 0.1) is 6.04 Å². The van der Waals surface area contributed by atoms with E-state index in [4.69, 9.17) is 10.8 Å². The summed E-state index contributed by atoms with van der Waals surface area (Å²) >= 11 is 0. The van der Waals surface area contributed by atoms with Crippen LogP contribution < -0.4 is 32.3 Å². The molecule has 3 atom stereocenters. The minimum atomic E-state index is -1.03. The second-order valence-corrected chi connectivity index (χ2v) is 9.31. The minimum Gasteiger partial charge on any atom is -0.481 e. The van der Waals surface area contributed by atoms with Gasteiger partial charge in [-0.15, -0.1) is 0 Å². The topological polar surface area (TPSA) is 192 Å². The van der Waals surface area contributed by atoms with Crippen molar-refractivity contribution >= 4 is 35.4 Å². The molecule has 0 aromatic heterocycles. The molecule has 0 radical (unpaired) electrons. The molecule has 12 heteroatoms. The Hall–Kier alpha value is -3.67. The van der Waals surface area contributed by atoms with Crippen molar-refractivity contribution in [2.75, 3.05) is 18.4 Å². The average molecular weight is 535 g/mol. The van der Waals surface area contributed by atoms with Gasteiger partial charge in [-0.25, -0.2) is 4.79 Å². The Morgan fingerprint density at radius 3 is 2.08 bits per heavy atom. The fourth-order valence-corrected chi connectivity index (χ4v) is 3.73. The quantitative estimate of drug-likeness (QED) is 0.145. The molecule has 0 bridgehead atoms. The zero-order valence-electron chi connectivity index (χ0n) is 22.6. The van der Waals surface area contributed by atoms with Crippen LogP contribution in [0.2, 0.25) is 0 Å². The van der Waals surface area contributed by atoms with Crippen LogP contribution in [0.5, 0.6) is 0 Å². The number of aliphatic carboxylic acids is 1. The molecule has 0 spiro atoms. The van der Waals surface area contributed by atoms with Gasteiger partial charge >= 0.3 is 12.0 Å². The summed E-state index contributed by atoms with van der Waals surface area (Å²) < 4.78 is 0. The molecule has 1 rings (SSSR count). The average Bonchev–Trinajstić information content (AvgIpc) is 2.86. The third-order valence-electron chi connectivity index (χ3n) is 5.89. The van der Waals surface area contributed by atoms with Gasteiger partial charge in [0.2, 0.25) is 17.7 Å². The smallest absolute Gasteiger partial charge is 0.312 e. The van der Waals surface area contributed by atoms with E-state index in [0.29, 0.717) is 18.7 Å². The van der Waals surface area contributed by atoms with E-state index in [1.54, 1.807) is 32.9 Å². The fraction of sp³-hybridized carbons (Fsp3) is 0.577. The number of primary amides is 1. The van der Waals surface area contributed by atoms with Crippen LogP contribution in [0.4, 0.5) is 10.5 Å². The van der Waals surface area contributed by atoms with Crippen molar-refractivity contribution in [3.8, 4) is 0 Å². The Balaban J connectivity index is 2.98. The van der Waals surface area contributed by atoms with Gasteiger partial charge in [0.15, 0.2) is 0 Å². The number of nitrogens with two attached hydrogens (primary N) is 1. The van der Waals surface area contributed by atoms with Crippen LogP contribution in [0.15, 0.2) is 24.3 Å². The molecule has 1 aromatic rings. The molecule has 38 heavy (non-hydrogen) atoms. The molecule has 0 aliphatic carbocycles. The number of urea groups is 1. The van der Waals surface area contributed by atoms with E-state index in [1.807, 2.05) is 19.1 Å². The monoisotopic (exact) mass is 534 g/mol. The standard InChI is InChI=1S/C26H42N6O6/c1-5-17-9-11-18(12-10-17)30-24(36)20(8-7-15-29-26(27)38)31-25(37)22(16(3)4)32-23(35)19(28-6-2)13-14-21(33)34/h9-12,16,19-20,22,28H,5-8,13-15H2,1-4H3,(H,30,36)(H,31,37)(H,32,35)(H,33,34)(H3,27,29,38). The van der Waals surface area contributed by atoms with E-state index in [-0.39, 0.29) is 31.7 Å². The number of aryl methyl sites for hydroxylation is 1. The highest BCUT2D eigenvalue weighted by Gasteiger charge is 2.30. The summed E-state index contributed by atoms with van der Waals surface area (Å²) in [5, 5.41) is 22.6. The van der Waals surface area contributed by atoms with Crippen molar-refractivity contribution in [2.45, 2.75) is 77.9 Å². The molecule has 8 N–H and O–H groups in total. The lowest BCUT2D eigenvalue weighted by Gasteiger charge is -2.27. The predicted octanol–water partition coefficient (Wildman–Crippen LogP) is 1.10. The number of nitrogens with one attached hydrogen (secondary N) is 5. The SMILES string of the molecule is CCNC(CCC(=O)O)C(=O)NC(C(=O)NC(CCCNC(N)=O)C(=O)Nc1ccc(CC)cc1)C(C)C. The number of carboxylic acid groups (broad SMARTS) is 1. The maximum absolute atomic E-state index is 13.2. The number of carbonyl (C=O) groups excluding carboxylic acids is 4. The van der Waals surface area contributed by atoms with Crippen LogP contribution in [-0.2, 0) is 25.6 Å². The molecule has 0 saturated heterocycles. The zero-order valence-corrected chi connectivity index (χ0v) is 22.6. The Morgan fingerprint density at radius 2 is 1.55 bits per heavy atom. The van der Waals surface area contributed by atoms with E-state index in [0.717, 1.165) is 12.0 Å². The van der Waals surface area contributed by atoms with E-state index in [9.17, 15) is 24.0 Å². The molecule has 212 valence electrons. The second-order valence-electron chi connectivity index (χ2n) is 9.31. The first kappa shape index (κ1) is 32.4. The Kier molecular flexibility index (Phi) is 14.4. The summed E-state index contributed by atoms with van der Waals surface area (Å²) in [6, 6.07) is 3.97. The predicted molar refractivity (Wildman–Crippen MR) is 144 cm³/mol. The van der Waals surface area contributed by atoms with Crippen molar-refractivity contribution < 1.29 is 29.1 Å². The molecule has 0 saturated carbocycles. The number of carboxylic acids is 1. The van der Waals surface area contributed by atoms with E-state index in [1.165, 1.54) is 0 Å². The Bertz CT molecular complexity index is 937. The van der Waals surface area contributed by atoms with Crippen LogP contribution >= 0.6 is 0 Å². The summed E-state index contributed by atoms with van der Waals surface area (Å²) in [6.45, 7) is 7.99. The number of carbonyl (C=O) groups is 5. The highest BCUT2D eigenvalue weighted by Crippen LogP contribution is 2.12. The first-order valence-corrected chi connectivity index (χ1v) is 13.0. The van der Waals surface area contributed by atoms with Gasteiger partial charge in [-0.2, -0.15) is 0 Å². The minimum absolute atomic E-state index is 0.0656. The molecule has 12 nitrogen and oxygen atoms in total. The van der Waals surface area contributed by atoms with Gasteiger partial charge < -0.3 is 37.4 Å². The van der Waals surface area contributed by atoms with Gasteiger partial charge in [0.1, 0.15) is 12.1 Å². The van der Waals surface area contributed by atoms with Crippen LogP contribution in [0.3, 0.4) is 0 Å². The molecular formula is C26H42N6O6. The van der Waals surface area contributed by atoms with E-state index in [2.05, 4.69) is 26.6 Å². The molecule has 0 heterocycles. The third-order valence-corrected chi connectivity index (χ3v) is 5.89. The van der Waals surface area contributed by atoms with Crippen molar-refractivity contribution in [3.63, 3.8) is 0 Å². The summed E-state index contributed by atoms with van der Waals surface area (Å²) in [5.74, 6) is -2.83.